The average Bonchev–Trinajstić information content (AvgIpc) is 3.18. The van der Waals surface area contributed by atoms with Crippen LogP contribution in [0.2, 0.25) is 0 Å². The van der Waals surface area contributed by atoms with E-state index in [1.54, 1.807) is 20.8 Å². The van der Waals surface area contributed by atoms with Crippen molar-refractivity contribution in [3.8, 4) is 0 Å². The lowest BCUT2D eigenvalue weighted by Gasteiger charge is -2.40. The van der Waals surface area contributed by atoms with Crippen LogP contribution >= 0.6 is 0 Å². The Hall–Kier alpha value is -3.67. The molecule has 0 radical (unpaired) electrons. The summed E-state index contributed by atoms with van der Waals surface area (Å²) in [6, 6.07) is 2.46. The van der Waals surface area contributed by atoms with Gasteiger partial charge in [0.15, 0.2) is 29.4 Å². The summed E-state index contributed by atoms with van der Waals surface area (Å²) in [7, 11) is -5.19. The predicted molar refractivity (Wildman–Crippen MR) is 158 cm³/mol. The first-order valence-corrected chi connectivity index (χ1v) is 15.7. The third-order valence-electron chi connectivity index (χ3n) is 6.12. The van der Waals surface area contributed by atoms with E-state index in [0.717, 1.165) is 32.9 Å². The number of benzene rings is 1. The van der Waals surface area contributed by atoms with Crippen molar-refractivity contribution >= 4 is 39.6 Å². The Morgan fingerprint density at radius 2 is 1.48 bits per heavy atom. The normalized spacial score (nSPS) is 21.6. The second-order valence-corrected chi connectivity index (χ2v) is 14.3. The van der Waals surface area contributed by atoms with Crippen molar-refractivity contribution in [2.75, 3.05) is 6.61 Å². The van der Waals surface area contributed by atoms with Crippen LogP contribution < -0.4 is 0 Å². The number of nitro benzene ring substituents is 1. The molecule has 46 heavy (non-hydrogen) atoms. The van der Waals surface area contributed by atoms with Gasteiger partial charge in [-0.15, -0.1) is 4.31 Å². The Morgan fingerprint density at radius 3 is 1.96 bits per heavy atom. The van der Waals surface area contributed by atoms with Crippen molar-refractivity contribution in [1.29, 1.82) is 0 Å². The molecule has 0 bridgehead atoms. The molecule has 1 aliphatic heterocycles. The molecule has 0 unspecified atom stereocenters. The number of rotatable bonds is 12. The largest absolute Gasteiger partial charge is 0.463 e. The Morgan fingerprint density at radius 1 is 0.935 bits per heavy atom. The molecule has 17 heteroatoms. The second-order valence-electron chi connectivity index (χ2n) is 12.5. The van der Waals surface area contributed by atoms with Crippen molar-refractivity contribution in [1.82, 2.24) is 4.31 Å². The molecule has 1 fully saturated rings. The van der Waals surface area contributed by atoms with Crippen LogP contribution in [0.3, 0.4) is 0 Å². The third-order valence-corrected chi connectivity index (χ3v) is 8.01. The molecule has 0 aromatic heterocycles. The maximum atomic E-state index is 14.7. The summed E-state index contributed by atoms with van der Waals surface area (Å²) in [4.78, 5) is 60.5. The minimum absolute atomic E-state index is 0.470. The fourth-order valence-corrected chi connectivity index (χ4v) is 6.65. The van der Waals surface area contributed by atoms with Crippen molar-refractivity contribution in [3.63, 3.8) is 0 Å². The van der Waals surface area contributed by atoms with Crippen LogP contribution in [0.25, 0.3) is 0 Å². The van der Waals surface area contributed by atoms with Crippen LogP contribution in [0.15, 0.2) is 29.2 Å². The van der Waals surface area contributed by atoms with Crippen molar-refractivity contribution in [2.45, 2.75) is 122 Å². The van der Waals surface area contributed by atoms with Crippen LogP contribution in [0, 0.1) is 10.1 Å². The van der Waals surface area contributed by atoms with Gasteiger partial charge in [-0.05, 0) is 54.5 Å². The Balaban J connectivity index is 3.02. The number of hydrogen-bond donors (Lipinski definition) is 0. The fourth-order valence-electron chi connectivity index (χ4n) is 4.77. The molecule has 1 aromatic rings. The molecule has 16 nitrogen and oxygen atoms in total. The average molecular weight is 675 g/mol. The summed E-state index contributed by atoms with van der Waals surface area (Å²) in [6.07, 6.45) is -8.09. The third kappa shape index (κ3) is 10.2. The van der Waals surface area contributed by atoms with Crippen LogP contribution in [0.1, 0.15) is 69.2 Å². The van der Waals surface area contributed by atoms with Gasteiger partial charge in [-0.25, -0.2) is 8.42 Å². The van der Waals surface area contributed by atoms with Gasteiger partial charge in [0.25, 0.3) is 15.7 Å². The number of sulfonamides is 1. The number of esters is 4. The van der Waals surface area contributed by atoms with Crippen LogP contribution in [-0.2, 0) is 57.6 Å². The number of nitrogens with zero attached hydrogens (tertiary/aromatic N) is 2. The maximum absolute atomic E-state index is 14.7. The molecule has 0 saturated carbocycles. The minimum atomic E-state index is -5.19. The Bertz CT molecular complexity index is 1420. The highest BCUT2D eigenvalue weighted by molar-refractivity contribution is 7.89. The van der Waals surface area contributed by atoms with Gasteiger partial charge >= 0.3 is 23.9 Å². The molecule has 258 valence electrons. The Labute approximate surface area is 267 Å². The van der Waals surface area contributed by atoms with E-state index in [2.05, 4.69) is 0 Å². The van der Waals surface area contributed by atoms with E-state index in [1.807, 2.05) is 0 Å². The summed E-state index contributed by atoms with van der Waals surface area (Å²) in [5.41, 5.74) is -2.96. The van der Waals surface area contributed by atoms with E-state index >= 15 is 0 Å². The van der Waals surface area contributed by atoms with Crippen molar-refractivity contribution in [2.24, 2.45) is 0 Å². The number of nitro groups is 1. The number of ether oxygens (including phenoxy) is 6. The fraction of sp³-hybridized carbons (Fsp3) is 0.655. The molecule has 0 aliphatic carbocycles. The minimum Gasteiger partial charge on any atom is -0.463 e. The van der Waals surface area contributed by atoms with Crippen LogP contribution in [0.4, 0.5) is 5.69 Å². The molecule has 2 rings (SSSR count). The molecule has 1 heterocycles. The summed E-state index contributed by atoms with van der Waals surface area (Å²) in [5, 5.41) is 12.0. The second kappa shape index (κ2) is 14.8. The zero-order valence-electron chi connectivity index (χ0n) is 27.5. The topological polar surface area (TPSA) is 204 Å². The molecule has 0 amide bonds. The molecule has 1 aromatic carbocycles. The van der Waals surface area contributed by atoms with Gasteiger partial charge in [0, 0.05) is 26.8 Å². The number of hydrogen-bond acceptors (Lipinski definition) is 14. The highest BCUT2D eigenvalue weighted by atomic mass is 32.2. The number of carbonyl (C=O) groups excluding carboxylic acids is 4. The monoisotopic (exact) mass is 674 g/mol. The number of para-hydroxylation sites is 1. The summed E-state index contributed by atoms with van der Waals surface area (Å²) >= 11 is 0. The molecule has 0 spiro atoms. The van der Waals surface area contributed by atoms with E-state index in [4.69, 9.17) is 28.4 Å². The Kier molecular flexibility index (Phi) is 12.4. The van der Waals surface area contributed by atoms with E-state index in [0.29, 0.717) is 4.31 Å². The first-order valence-electron chi connectivity index (χ1n) is 14.3. The molecule has 1 saturated heterocycles. The standard InChI is InChI=1S/C29H42N2O14S/c1-16(44-28(5,6)7)23(27(35)45-29(8,9)10)30(46(38,39)22-14-12-11-13-20(22)31(36)37)26-25(42-19(4)34)24(41-18(3)33)21(43-26)15-40-17(2)32/h11-14,16,21,23-26H,15H2,1-10H3/t16-,21+,23+,24+,25-,26-/m1/s1. The lowest BCUT2D eigenvalue weighted by molar-refractivity contribution is -0.387. The predicted octanol–water partition coefficient (Wildman–Crippen LogP) is 2.65. The van der Waals surface area contributed by atoms with E-state index in [-0.39, 0.29) is 0 Å². The van der Waals surface area contributed by atoms with Gasteiger partial charge in [-0.2, -0.15) is 0 Å². The smallest absolute Gasteiger partial charge is 0.327 e. The van der Waals surface area contributed by atoms with E-state index < -0.39 is 104 Å². The zero-order valence-corrected chi connectivity index (χ0v) is 28.3. The first-order chi connectivity index (χ1) is 21.0. The lowest BCUT2D eigenvalue weighted by atomic mass is 10.1. The first kappa shape index (κ1) is 38.5. The molecule has 1 aliphatic rings. The van der Waals surface area contributed by atoms with Crippen molar-refractivity contribution < 1.29 is 60.9 Å². The SMILES string of the molecule is CC(=O)OC[C@@H]1O[C@@H](N([C@H](C(=O)OC(C)(C)C)[C@@H](C)OC(C)(C)C)S(=O)(=O)c2ccccc2[N+](=O)[O-])[C@H](OC(C)=O)[C@H]1OC(C)=O. The van der Waals surface area contributed by atoms with Gasteiger partial charge in [-0.1, -0.05) is 12.1 Å². The van der Waals surface area contributed by atoms with Crippen LogP contribution in [0.5, 0.6) is 0 Å². The molecule has 6 atom stereocenters. The quantitative estimate of drug-likeness (QED) is 0.135. The van der Waals surface area contributed by atoms with Crippen LogP contribution in [-0.4, -0.2) is 96.0 Å². The summed E-state index contributed by atoms with van der Waals surface area (Å²) < 4.78 is 63.5. The molecular formula is C29H42N2O14S. The summed E-state index contributed by atoms with van der Waals surface area (Å²) in [5.74, 6) is -3.75. The highest BCUT2D eigenvalue weighted by Gasteiger charge is 2.59. The van der Waals surface area contributed by atoms with E-state index in [1.165, 1.54) is 39.8 Å². The van der Waals surface area contributed by atoms with Gasteiger partial charge in [-0.3, -0.25) is 29.3 Å². The van der Waals surface area contributed by atoms with E-state index in [9.17, 15) is 37.7 Å². The van der Waals surface area contributed by atoms with Gasteiger partial charge in [0.05, 0.1) is 16.6 Å². The molecular weight excluding hydrogens is 632 g/mol. The number of carbonyl (C=O) groups is 4. The van der Waals surface area contributed by atoms with Gasteiger partial charge in [0.2, 0.25) is 0 Å². The summed E-state index contributed by atoms with van der Waals surface area (Å²) in [6.45, 7) is 13.5. The highest BCUT2D eigenvalue weighted by Crippen LogP contribution is 2.38. The van der Waals surface area contributed by atoms with Gasteiger partial charge < -0.3 is 28.4 Å². The lowest BCUT2D eigenvalue weighted by Crippen LogP contribution is -2.61. The van der Waals surface area contributed by atoms with Crippen molar-refractivity contribution in [3.05, 3.63) is 34.4 Å². The van der Waals surface area contributed by atoms with Gasteiger partial charge in [0.1, 0.15) is 18.3 Å². The molecule has 0 N–H and O–H groups in total. The maximum Gasteiger partial charge on any atom is 0.327 e. The zero-order chi connectivity index (χ0) is 35.4.